The highest BCUT2D eigenvalue weighted by Crippen LogP contribution is 2.53. The van der Waals surface area contributed by atoms with Gasteiger partial charge in [-0.2, -0.15) is 0 Å². The summed E-state index contributed by atoms with van der Waals surface area (Å²) in [5.74, 6) is -1.33. The van der Waals surface area contributed by atoms with E-state index in [0.29, 0.717) is 15.2 Å². The summed E-state index contributed by atoms with van der Waals surface area (Å²) in [5.41, 5.74) is 1.40. The van der Waals surface area contributed by atoms with Crippen LogP contribution in [-0.4, -0.2) is 28.7 Å². The van der Waals surface area contributed by atoms with Crippen LogP contribution in [0.1, 0.15) is 12.0 Å². The zero-order valence-corrected chi connectivity index (χ0v) is 18.8. The van der Waals surface area contributed by atoms with Crippen molar-refractivity contribution in [2.45, 2.75) is 18.9 Å². The number of nitrogens with zero attached hydrogens (tertiary/aromatic N) is 1. The average molecular weight is 500 g/mol. The Hall–Kier alpha value is -2.44. The summed E-state index contributed by atoms with van der Waals surface area (Å²) in [6.45, 7) is 0. The maximum Gasteiger partial charge on any atom is 0.248 e. The topological polar surface area (TPSA) is 66.5 Å². The summed E-state index contributed by atoms with van der Waals surface area (Å²) in [5, 5.41) is 3.31. The Kier molecular flexibility index (Phi) is 5.22. The number of halogens is 2. The van der Waals surface area contributed by atoms with Crippen LogP contribution in [0.2, 0.25) is 5.02 Å². The molecule has 7 heteroatoms. The van der Waals surface area contributed by atoms with Crippen LogP contribution in [0.15, 0.2) is 65.2 Å². The third kappa shape index (κ3) is 3.52. The fraction of sp³-hybridized carbons (Fsp3) is 0.292. The van der Waals surface area contributed by atoms with Crippen molar-refractivity contribution in [1.29, 1.82) is 0 Å². The number of nitrogens with one attached hydrogen (secondary N) is 1. The Labute approximate surface area is 193 Å². The van der Waals surface area contributed by atoms with E-state index >= 15 is 0 Å². The van der Waals surface area contributed by atoms with Crippen molar-refractivity contribution in [3.63, 3.8) is 0 Å². The lowest BCUT2D eigenvalue weighted by Gasteiger charge is -2.27. The van der Waals surface area contributed by atoms with E-state index in [1.807, 2.05) is 30.3 Å². The van der Waals surface area contributed by atoms with Gasteiger partial charge in [-0.05, 0) is 57.9 Å². The number of benzene rings is 2. The van der Waals surface area contributed by atoms with E-state index in [0.717, 1.165) is 12.0 Å². The average Bonchev–Trinajstić information content (AvgIpc) is 3.44. The van der Waals surface area contributed by atoms with Gasteiger partial charge in [0, 0.05) is 16.6 Å². The minimum Gasteiger partial charge on any atom is -0.324 e. The molecule has 0 unspecified atom stereocenters. The lowest BCUT2D eigenvalue weighted by molar-refractivity contribution is -0.147. The van der Waals surface area contributed by atoms with Gasteiger partial charge < -0.3 is 5.32 Å². The van der Waals surface area contributed by atoms with Crippen LogP contribution in [0.25, 0.3) is 0 Å². The first kappa shape index (κ1) is 20.5. The zero-order chi connectivity index (χ0) is 21.7. The number of hydrogen-bond acceptors (Lipinski definition) is 3. The molecule has 2 aromatic carbocycles. The van der Waals surface area contributed by atoms with Gasteiger partial charge in [-0.1, -0.05) is 54.1 Å². The van der Waals surface area contributed by atoms with Gasteiger partial charge in [0.2, 0.25) is 17.7 Å². The van der Waals surface area contributed by atoms with Crippen molar-refractivity contribution in [2.75, 3.05) is 5.32 Å². The summed E-state index contributed by atoms with van der Waals surface area (Å²) >= 11 is 9.49. The van der Waals surface area contributed by atoms with Gasteiger partial charge in [-0.3, -0.25) is 19.3 Å². The van der Waals surface area contributed by atoms with Crippen molar-refractivity contribution >= 4 is 50.9 Å². The number of anilines is 1. The summed E-state index contributed by atoms with van der Waals surface area (Å²) < 4.78 is 0.716. The SMILES string of the molecule is O=C(Nc1ccc(Br)c(Cl)c1)[C@H](Cc1ccccc1)N1C(=O)[C@@H]2[C@H](C1=O)[C@H]1C=C[C@H]2C1. The Morgan fingerprint density at radius 2 is 1.71 bits per heavy atom. The van der Waals surface area contributed by atoms with Crippen LogP contribution in [-0.2, 0) is 20.8 Å². The Bertz CT molecular complexity index is 1070. The smallest absolute Gasteiger partial charge is 0.248 e. The molecule has 3 amide bonds. The first-order valence-electron chi connectivity index (χ1n) is 10.3. The van der Waals surface area contributed by atoms with Gasteiger partial charge in [0.25, 0.3) is 0 Å². The van der Waals surface area contributed by atoms with E-state index in [-0.39, 0.29) is 41.9 Å². The highest BCUT2D eigenvalue weighted by Gasteiger charge is 2.61. The molecular weight excluding hydrogens is 480 g/mol. The molecule has 2 aromatic rings. The van der Waals surface area contributed by atoms with Crippen molar-refractivity contribution in [3.05, 3.63) is 75.7 Å². The van der Waals surface area contributed by atoms with Crippen LogP contribution < -0.4 is 5.32 Å². The summed E-state index contributed by atoms with van der Waals surface area (Å²) in [6, 6.07) is 13.6. The summed E-state index contributed by atoms with van der Waals surface area (Å²) in [7, 11) is 0. The molecule has 3 aliphatic rings. The van der Waals surface area contributed by atoms with Gasteiger partial charge in [0.15, 0.2) is 0 Å². The molecule has 5 atom stereocenters. The van der Waals surface area contributed by atoms with Gasteiger partial charge in [0.05, 0.1) is 16.9 Å². The predicted octanol–water partition coefficient (Wildman–Crippen LogP) is 4.46. The monoisotopic (exact) mass is 498 g/mol. The van der Waals surface area contributed by atoms with Crippen molar-refractivity contribution in [3.8, 4) is 0 Å². The lowest BCUT2D eigenvalue weighted by Crippen LogP contribution is -2.49. The Morgan fingerprint density at radius 3 is 2.32 bits per heavy atom. The first-order valence-corrected chi connectivity index (χ1v) is 11.5. The number of amides is 3. The number of allylic oxidation sites excluding steroid dienone is 2. The highest BCUT2D eigenvalue weighted by atomic mass is 79.9. The summed E-state index contributed by atoms with van der Waals surface area (Å²) in [4.78, 5) is 41.3. The molecule has 2 aliphatic carbocycles. The molecule has 1 aliphatic heterocycles. The molecule has 0 radical (unpaired) electrons. The number of imide groups is 1. The molecule has 1 heterocycles. The molecule has 158 valence electrons. The van der Waals surface area contributed by atoms with E-state index < -0.39 is 11.9 Å². The number of hydrogen-bond donors (Lipinski definition) is 1. The molecule has 1 saturated carbocycles. The molecule has 0 spiro atoms. The minimum absolute atomic E-state index is 0.0992. The van der Waals surface area contributed by atoms with Crippen LogP contribution in [0.3, 0.4) is 0 Å². The van der Waals surface area contributed by atoms with Crippen LogP contribution in [0.4, 0.5) is 5.69 Å². The van der Waals surface area contributed by atoms with E-state index in [4.69, 9.17) is 11.6 Å². The molecule has 5 nitrogen and oxygen atoms in total. The lowest BCUT2D eigenvalue weighted by atomic mass is 9.85. The van der Waals surface area contributed by atoms with E-state index in [1.165, 1.54) is 4.90 Å². The predicted molar refractivity (Wildman–Crippen MR) is 121 cm³/mol. The fourth-order valence-corrected chi connectivity index (χ4v) is 5.60. The van der Waals surface area contributed by atoms with Crippen LogP contribution in [0.5, 0.6) is 0 Å². The van der Waals surface area contributed by atoms with Gasteiger partial charge in [-0.15, -0.1) is 0 Å². The van der Waals surface area contributed by atoms with E-state index in [1.54, 1.807) is 18.2 Å². The maximum atomic E-state index is 13.4. The number of fused-ring (bicyclic) bond motifs is 5. The van der Waals surface area contributed by atoms with E-state index in [2.05, 4.69) is 33.4 Å². The highest BCUT2D eigenvalue weighted by molar-refractivity contribution is 9.10. The zero-order valence-electron chi connectivity index (χ0n) is 16.5. The molecule has 1 saturated heterocycles. The second kappa shape index (κ2) is 7.92. The van der Waals surface area contributed by atoms with Crippen molar-refractivity contribution in [2.24, 2.45) is 23.7 Å². The second-order valence-electron chi connectivity index (χ2n) is 8.37. The summed E-state index contributed by atoms with van der Waals surface area (Å²) in [6.07, 6.45) is 5.22. The minimum atomic E-state index is -0.921. The molecule has 2 fully saturated rings. The van der Waals surface area contributed by atoms with Crippen molar-refractivity contribution in [1.82, 2.24) is 4.90 Å². The maximum absolute atomic E-state index is 13.4. The molecule has 2 bridgehead atoms. The first-order chi connectivity index (χ1) is 14.9. The number of likely N-dealkylation sites (tertiary alicyclic amines) is 1. The third-order valence-corrected chi connectivity index (χ3v) is 7.81. The van der Waals surface area contributed by atoms with Crippen LogP contribution in [0, 0.1) is 23.7 Å². The quantitative estimate of drug-likeness (QED) is 0.488. The molecule has 0 aromatic heterocycles. The van der Waals surface area contributed by atoms with E-state index in [9.17, 15) is 14.4 Å². The normalized spacial score (nSPS) is 27.0. The largest absolute Gasteiger partial charge is 0.324 e. The Balaban J connectivity index is 1.46. The number of carbonyl (C=O) groups is 3. The molecule has 1 N–H and O–H groups in total. The van der Waals surface area contributed by atoms with Crippen molar-refractivity contribution < 1.29 is 14.4 Å². The van der Waals surface area contributed by atoms with Gasteiger partial charge in [0.1, 0.15) is 6.04 Å². The fourth-order valence-electron chi connectivity index (χ4n) is 5.17. The number of carbonyl (C=O) groups excluding carboxylic acids is 3. The second-order valence-corrected chi connectivity index (χ2v) is 9.63. The molecule has 5 rings (SSSR count). The Morgan fingerprint density at radius 1 is 1.06 bits per heavy atom. The standard InChI is InChI=1S/C24H20BrClN2O3/c25-17-9-8-16(12-18(17)26)27-22(29)19(10-13-4-2-1-3-5-13)28-23(30)20-14-6-7-15(11-14)21(20)24(28)31/h1-9,12,14-15,19-21H,10-11H2,(H,27,29)/t14-,15-,19-,20-,21+/m0/s1. The van der Waals surface area contributed by atoms with Crippen LogP contribution >= 0.6 is 27.5 Å². The molecular formula is C24H20BrClN2O3. The third-order valence-electron chi connectivity index (χ3n) is 6.58. The molecule has 31 heavy (non-hydrogen) atoms. The number of rotatable bonds is 5. The van der Waals surface area contributed by atoms with Gasteiger partial charge in [-0.25, -0.2) is 0 Å². The van der Waals surface area contributed by atoms with Gasteiger partial charge >= 0.3 is 0 Å².